The fourth-order valence-corrected chi connectivity index (χ4v) is 5.15. The summed E-state index contributed by atoms with van der Waals surface area (Å²) in [7, 11) is -4.35. The lowest BCUT2D eigenvalue weighted by Gasteiger charge is -2.24. The molecule has 0 radical (unpaired) electrons. The summed E-state index contributed by atoms with van der Waals surface area (Å²) in [5.41, 5.74) is -0.0884. The van der Waals surface area contributed by atoms with Gasteiger partial charge in [-0.15, -0.1) is 0 Å². The van der Waals surface area contributed by atoms with Crippen molar-refractivity contribution in [1.82, 2.24) is 9.62 Å². The number of hydrogen-bond donors (Lipinski definition) is 1. The van der Waals surface area contributed by atoms with Gasteiger partial charge in [0.15, 0.2) is 0 Å². The molecule has 30 heavy (non-hydrogen) atoms. The van der Waals surface area contributed by atoms with E-state index in [0.717, 1.165) is 29.3 Å². The van der Waals surface area contributed by atoms with Crippen LogP contribution in [0.3, 0.4) is 0 Å². The van der Waals surface area contributed by atoms with E-state index >= 15 is 0 Å². The van der Waals surface area contributed by atoms with E-state index < -0.39 is 26.7 Å². The molecule has 160 valence electrons. The van der Waals surface area contributed by atoms with Gasteiger partial charge >= 0.3 is 6.18 Å². The molecule has 0 spiro atoms. The average Bonchev–Trinajstić information content (AvgIpc) is 3.61. The molecule has 5 nitrogen and oxygen atoms in total. The normalized spacial score (nSPS) is 17.2. The van der Waals surface area contributed by atoms with Crippen LogP contribution in [0.1, 0.15) is 47.2 Å². The molecule has 0 heterocycles. The van der Waals surface area contributed by atoms with E-state index in [2.05, 4.69) is 5.32 Å². The number of alkyl halides is 3. The van der Waals surface area contributed by atoms with Crippen LogP contribution < -0.4 is 5.32 Å². The Balaban J connectivity index is 1.58. The fourth-order valence-electron chi connectivity index (χ4n) is 3.26. The van der Waals surface area contributed by atoms with E-state index in [1.54, 1.807) is 24.3 Å². The average molecular weight is 438 g/mol. The van der Waals surface area contributed by atoms with Crippen LogP contribution in [0.4, 0.5) is 13.2 Å². The number of amides is 1. The van der Waals surface area contributed by atoms with Crippen molar-refractivity contribution in [2.45, 2.75) is 55.4 Å². The highest BCUT2D eigenvalue weighted by atomic mass is 32.2. The SMILES string of the molecule is O=C(NC1CC1)c1ccc(CN(C2CC2)S(=O)(=O)c2ccccc2C(F)(F)F)cc1. The van der Waals surface area contributed by atoms with Crippen LogP contribution in [0.25, 0.3) is 0 Å². The van der Waals surface area contributed by atoms with Gasteiger partial charge in [0, 0.05) is 24.2 Å². The molecule has 0 aliphatic heterocycles. The maximum Gasteiger partial charge on any atom is 0.417 e. The summed E-state index contributed by atoms with van der Waals surface area (Å²) in [6.45, 7) is -0.0519. The first-order chi connectivity index (χ1) is 14.2. The van der Waals surface area contributed by atoms with Crippen molar-refractivity contribution in [3.05, 3.63) is 65.2 Å². The summed E-state index contributed by atoms with van der Waals surface area (Å²) in [6, 6.07) is 10.6. The first-order valence-electron chi connectivity index (χ1n) is 9.74. The molecule has 2 aromatic rings. The molecule has 2 fully saturated rings. The summed E-state index contributed by atoms with van der Waals surface area (Å²) in [5.74, 6) is -0.185. The monoisotopic (exact) mass is 438 g/mol. The van der Waals surface area contributed by atoms with E-state index in [0.29, 0.717) is 24.0 Å². The van der Waals surface area contributed by atoms with Crippen LogP contribution in [0.2, 0.25) is 0 Å². The summed E-state index contributed by atoms with van der Waals surface area (Å²) >= 11 is 0. The second kappa shape index (κ2) is 7.70. The molecule has 9 heteroatoms. The Bertz CT molecular complexity index is 1040. The van der Waals surface area contributed by atoms with Gasteiger partial charge in [-0.3, -0.25) is 4.79 Å². The van der Waals surface area contributed by atoms with Gasteiger partial charge in [0.25, 0.3) is 5.91 Å². The zero-order valence-electron chi connectivity index (χ0n) is 16.0. The molecule has 1 N–H and O–H groups in total. The van der Waals surface area contributed by atoms with Crippen molar-refractivity contribution in [3.63, 3.8) is 0 Å². The lowest BCUT2D eigenvalue weighted by atomic mass is 10.1. The number of benzene rings is 2. The minimum atomic E-state index is -4.77. The van der Waals surface area contributed by atoms with Crippen molar-refractivity contribution < 1.29 is 26.4 Å². The lowest BCUT2D eigenvalue weighted by Crippen LogP contribution is -2.34. The van der Waals surface area contributed by atoms with Crippen LogP contribution in [0, 0.1) is 0 Å². The quantitative estimate of drug-likeness (QED) is 0.712. The topological polar surface area (TPSA) is 66.5 Å². The molecular weight excluding hydrogens is 417 g/mol. The van der Waals surface area contributed by atoms with Crippen molar-refractivity contribution in [2.24, 2.45) is 0 Å². The van der Waals surface area contributed by atoms with Crippen molar-refractivity contribution in [2.75, 3.05) is 0 Å². The zero-order chi connectivity index (χ0) is 21.5. The van der Waals surface area contributed by atoms with E-state index in [1.807, 2.05) is 0 Å². The van der Waals surface area contributed by atoms with Gasteiger partial charge in [-0.25, -0.2) is 8.42 Å². The number of halogens is 3. The van der Waals surface area contributed by atoms with Gasteiger partial charge in [0.2, 0.25) is 10.0 Å². The van der Waals surface area contributed by atoms with Gasteiger partial charge < -0.3 is 5.32 Å². The Morgan fingerprint density at radius 2 is 1.63 bits per heavy atom. The highest BCUT2D eigenvalue weighted by molar-refractivity contribution is 7.89. The maximum absolute atomic E-state index is 13.4. The smallest absolute Gasteiger partial charge is 0.349 e. The Morgan fingerprint density at radius 1 is 1.00 bits per heavy atom. The first kappa shape index (κ1) is 20.9. The van der Waals surface area contributed by atoms with Crippen LogP contribution in [0.15, 0.2) is 53.4 Å². The molecule has 2 aliphatic carbocycles. The molecule has 2 saturated carbocycles. The van der Waals surface area contributed by atoms with Gasteiger partial charge in [-0.2, -0.15) is 17.5 Å². The third kappa shape index (κ3) is 4.52. The molecule has 0 atom stereocenters. The number of carbonyl (C=O) groups is 1. The number of hydrogen-bond acceptors (Lipinski definition) is 3. The standard InChI is InChI=1S/C21H21F3N2O3S/c22-21(23,24)18-3-1-2-4-19(18)30(28,29)26(17-11-12-17)13-14-5-7-15(8-6-14)20(27)25-16-9-10-16/h1-8,16-17H,9-13H2,(H,25,27). The molecular formula is C21H21F3N2O3S. The minimum absolute atomic E-state index is 0.0519. The molecule has 0 bridgehead atoms. The van der Waals surface area contributed by atoms with Crippen LogP contribution >= 0.6 is 0 Å². The summed E-state index contributed by atoms with van der Waals surface area (Å²) in [6.07, 6.45) is -1.62. The number of sulfonamides is 1. The van der Waals surface area contributed by atoms with Gasteiger partial charge in [-0.1, -0.05) is 24.3 Å². The maximum atomic E-state index is 13.4. The van der Waals surface area contributed by atoms with Crippen molar-refractivity contribution >= 4 is 15.9 Å². The third-order valence-electron chi connectivity index (χ3n) is 5.20. The first-order valence-corrected chi connectivity index (χ1v) is 11.2. The number of carbonyl (C=O) groups excluding carboxylic acids is 1. The zero-order valence-corrected chi connectivity index (χ0v) is 16.8. The fraction of sp³-hybridized carbons (Fsp3) is 0.381. The predicted octanol–water partition coefficient (Wildman–Crippen LogP) is 3.95. The van der Waals surface area contributed by atoms with Crippen molar-refractivity contribution in [1.29, 1.82) is 0 Å². The van der Waals surface area contributed by atoms with E-state index in [4.69, 9.17) is 0 Å². The van der Waals surface area contributed by atoms with Crippen molar-refractivity contribution in [3.8, 4) is 0 Å². The Hall–Kier alpha value is -2.39. The summed E-state index contributed by atoms with van der Waals surface area (Å²) in [4.78, 5) is 11.4. The number of nitrogens with one attached hydrogen (secondary N) is 1. The molecule has 0 unspecified atom stereocenters. The number of rotatable bonds is 7. The largest absolute Gasteiger partial charge is 0.417 e. The molecule has 2 aliphatic rings. The van der Waals surface area contributed by atoms with E-state index in [-0.39, 0.29) is 24.5 Å². The molecule has 4 rings (SSSR count). The molecule has 2 aromatic carbocycles. The predicted molar refractivity (Wildman–Crippen MR) is 104 cm³/mol. The second-order valence-electron chi connectivity index (χ2n) is 7.72. The minimum Gasteiger partial charge on any atom is -0.349 e. The van der Waals surface area contributed by atoms with E-state index in [9.17, 15) is 26.4 Å². The third-order valence-corrected chi connectivity index (χ3v) is 7.16. The summed E-state index contributed by atoms with van der Waals surface area (Å²) in [5, 5.41) is 2.87. The highest BCUT2D eigenvalue weighted by Gasteiger charge is 2.43. The lowest BCUT2D eigenvalue weighted by molar-refractivity contribution is -0.139. The van der Waals surface area contributed by atoms with E-state index in [1.165, 1.54) is 12.1 Å². The Kier molecular flexibility index (Phi) is 5.36. The van der Waals surface area contributed by atoms with Crippen LogP contribution in [-0.2, 0) is 22.7 Å². The second-order valence-corrected chi connectivity index (χ2v) is 9.58. The molecule has 0 saturated heterocycles. The molecule has 0 aromatic heterocycles. The molecule has 1 amide bonds. The highest BCUT2D eigenvalue weighted by Crippen LogP contribution is 2.39. The van der Waals surface area contributed by atoms with Gasteiger partial charge in [-0.05, 0) is 55.5 Å². The van der Waals surface area contributed by atoms with Gasteiger partial charge in [0.1, 0.15) is 0 Å². The number of nitrogens with zero attached hydrogens (tertiary/aromatic N) is 1. The van der Waals surface area contributed by atoms with Crippen LogP contribution in [0.5, 0.6) is 0 Å². The Morgan fingerprint density at radius 3 is 2.20 bits per heavy atom. The van der Waals surface area contributed by atoms with Gasteiger partial charge in [0.05, 0.1) is 10.5 Å². The van der Waals surface area contributed by atoms with Crippen LogP contribution in [-0.4, -0.2) is 30.7 Å². The summed E-state index contributed by atoms with van der Waals surface area (Å²) < 4.78 is 67.6. The Labute approximate surface area is 172 Å².